The van der Waals surface area contributed by atoms with Crippen LogP contribution in [0.4, 0.5) is 13.2 Å². The Morgan fingerprint density at radius 2 is 2.04 bits per heavy atom. The number of hydrogen-bond donors (Lipinski definition) is 1. The Balaban J connectivity index is 2.50. The van der Waals surface area contributed by atoms with Gasteiger partial charge in [0.25, 0.3) is 0 Å². The molecule has 0 spiro atoms. The fourth-order valence-corrected chi connectivity index (χ4v) is 2.24. The zero-order valence-electron chi connectivity index (χ0n) is 14.1. The van der Waals surface area contributed by atoms with Crippen molar-refractivity contribution in [2.45, 2.75) is 51.8 Å². The van der Waals surface area contributed by atoms with Crippen molar-refractivity contribution in [3.8, 4) is 0 Å². The molecule has 0 bridgehead atoms. The number of pyridine rings is 1. The van der Waals surface area contributed by atoms with Gasteiger partial charge in [0.05, 0.1) is 5.92 Å². The van der Waals surface area contributed by atoms with Gasteiger partial charge in [-0.1, -0.05) is 32.3 Å². The number of nitrogens with zero attached hydrogens (tertiary/aromatic N) is 1. The number of carbonyl (C=O) groups excluding carboxylic acids is 2. The van der Waals surface area contributed by atoms with Gasteiger partial charge in [-0.15, -0.1) is 0 Å². The first kappa shape index (κ1) is 20.9. The van der Waals surface area contributed by atoms with Crippen molar-refractivity contribution in [3.63, 3.8) is 0 Å². The van der Waals surface area contributed by atoms with Gasteiger partial charge in [-0.2, -0.15) is 13.2 Å². The lowest BCUT2D eigenvalue weighted by Gasteiger charge is -2.16. The molecule has 1 unspecified atom stereocenters. The molecule has 0 aromatic carbocycles. The van der Waals surface area contributed by atoms with E-state index in [1.165, 1.54) is 0 Å². The molecule has 0 saturated heterocycles. The number of halogens is 3. The number of amides is 1. The Morgan fingerprint density at radius 1 is 1.28 bits per heavy atom. The van der Waals surface area contributed by atoms with Crippen LogP contribution in [0.2, 0.25) is 0 Å². The smallest absolute Gasteiger partial charge is 0.461 e. The van der Waals surface area contributed by atoms with Gasteiger partial charge >= 0.3 is 18.1 Å². The number of aromatic nitrogens is 1. The highest BCUT2D eigenvalue weighted by Gasteiger charge is 2.38. The summed E-state index contributed by atoms with van der Waals surface area (Å²) < 4.78 is 41.8. The number of ether oxygens (including phenoxy) is 1. The molecule has 0 radical (unpaired) electrons. The van der Waals surface area contributed by atoms with E-state index in [9.17, 15) is 22.8 Å². The second-order valence-electron chi connectivity index (χ2n) is 5.70. The van der Waals surface area contributed by atoms with Crippen LogP contribution in [0.15, 0.2) is 24.5 Å². The molecule has 140 valence electrons. The Hall–Kier alpha value is -2.12. The topological polar surface area (TPSA) is 68.3 Å². The fraction of sp³-hybridized carbons (Fsp3) is 0.588. The molecule has 1 atom stereocenters. The lowest BCUT2D eigenvalue weighted by Crippen LogP contribution is -2.38. The predicted octanol–water partition coefficient (Wildman–Crippen LogP) is 3.39. The van der Waals surface area contributed by atoms with Crippen LogP contribution >= 0.6 is 0 Å². The van der Waals surface area contributed by atoms with Crippen LogP contribution in [0.25, 0.3) is 0 Å². The van der Waals surface area contributed by atoms with Crippen molar-refractivity contribution < 1.29 is 27.5 Å². The quantitative estimate of drug-likeness (QED) is 0.513. The van der Waals surface area contributed by atoms with E-state index >= 15 is 0 Å². The van der Waals surface area contributed by atoms with Gasteiger partial charge in [0.15, 0.2) is 0 Å². The van der Waals surface area contributed by atoms with Gasteiger partial charge in [0.1, 0.15) is 6.61 Å². The third-order valence-electron chi connectivity index (χ3n) is 3.63. The third-order valence-corrected chi connectivity index (χ3v) is 3.63. The number of carbonyl (C=O) groups is 2. The van der Waals surface area contributed by atoms with Gasteiger partial charge in [-0.25, -0.2) is 0 Å². The molecule has 0 aliphatic heterocycles. The molecule has 0 aliphatic rings. The number of hydrogen-bond acceptors (Lipinski definition) is 4. The number of rotatable bonds is 10. The molecule has 0 fully saturated rings. The van der Waals surface area contributed by atoms with Crippen LogP contribution in [0.1, 0.15) is 44.6 Å². The average molecular weight is 360 g/mol. The second kappa shape index (κ2) is 10.7. The average Bonchev–Trinajstić information content (AvgIpc) is 2.58. The van der Waals surface area contributed by atoms with Gasteiger partial charge in [-0.05, 0) is 18.9 Å². The standard InChI is InChI=1S/C17H23F3N2O3/c1-2-3-4-7-14(8-10-22-16(24)17(18,19)20)15(23)25-12-13-6-5-9-21-11-13/h5-6,9,11,14H,2-4,7-8,10,12H2,1H3,(H,22,24). The first-order valence-electron chi connectivity index (χ1n) is 8.25. The molecule has 1 N–H and O–H groups in total. The summed E-state index contributed by atoms with van der Waals surface area (Å²) in [5, 5.41) is 1.79. The van der Waals surface area contributed by atoms with Crippen LogP contribution in [0.3, 0.4) is 0 Å². The molecule has 1 aromatic rings. The van der Waals surface area contributed by atoms with Crippen molar-refractivity contribution in [2.24, 2.45) is 5.92 Å². The first-order valence-corrected chi connectivity index (χ1v) is 8.25. The van der Waals surface area contributed by atoms with Crippen LogP contribution in [-0.2, 0) is 20.9 Å². The molecule has 1 heterocycles. The SMILES string of the molecule is CCCCCC(CCNC(=O)C(F)(F)F)C(=O)OCc1cccnc1. The highest BCUT2D eigenvalue weighted by atomic mass is 19.4. The third kappa shape index (κ3) is 8.51. The molecule has 5 nitrogen and oxygen atoms in total. The van der Waals surface area contributed by atoms with Crippen LogP contribution in [0.5, 0.6) is 0 Å². The summed E-state index contributed by atoms with van der Waals surface area (Å²) in [5.41, 5.74) is 0.730. The van der Waals surface area contributed by atoms with Crippen molar-refractivity contribution >= 4 is 11.9 Å². The molecule has 1 rings (SSSR count). The highest BCUT2D eigenvalue weighted by Crippen LogP contribution is 2.18. The zero-order chi connectivity index (χ0) is 18.7. The molecule has 1 aromatic heterocycles. The van der Waals surface area contributed by atoms with Crippen molar-refractivity contribution in [3.05, 3.63) is 30.1 Å². The molecule has 0 aliphatic carbocycles. The van der Waals surface area contributed by atoms with Gasteiger partial charge in [0, 0.05) is 24.5 Å². The number of esters is 1. The lowest BCUT2D eigenvalue weighted by atomic mass is 9.98. The van der Waals surface area contributed by atoms with Crippen LogP contribution < -0.4 is 5.32 Å². The summed E-state index contributed by atoms with van der Waals surface area (Å²) in [6, 6.07) is 3.48. The van der Waals surface area contributed by atoms with E-state index in [4.69, 9.17) is 4.74 Å². The molecule has 8 heteroatoms. The molecule has 25 heavy (non-hydrogen) atoms. The summed E-state index contributed by atoms with van der Waals surface area (Å²) in [6.07, 6.45) is 1.53. The summed E-state index contributed by atoms with van der Waals surface area (Å²) in [7, 11) is 0. The van der Waals surface area contributed by atoms with E-state index < -0.39 is 24.0 Å². The van der Waals surface area contributed by atoms with E-state index in [1.807, 2.05) is 6.92 Å². The highest BCUT2D eigenvalue weighted by molar-refractivity contribution is 5.81. The Morgan fingerprint density at radius 3 is 2.64 bits per heavy atom. The van der Waals surface area contributed by atoms with E-state index in [0.29, 0.717) is 6.42 Å². The monoisotopic (exact) mass is 360 g/mol. The second-order valence-corrected chi connectivity index (χ2v) is 5.70. The van der Waals surface area contributed by atoms with E-state index in [1.54, 1.807) is 29.8 Å². The maximum Gasteiger partial charge on any atom is 0.471 e. The van der Waals surface area contributed by atoms with Crippen LogP contribution in [0, 0.1) is 5.92 Å². The minimum atomic E-state index is -4.92. The predicted molar refractivity (Wildman–Crippen MR) is 85.3 cm³/mol. The fourth-order valence-electron chi connectivity index (χ4n) is 2.24. The van der Waals surface area contributed by atoms with Crippen LogP contribution in [-0.4, -0.2) is 29.6 Å². The number of alkyl halides is 3. The Kier molecular flexibility index (Phi) is 8.94. The first-order chi connectivity index (χ1) is 11.8. The lowest BCUT2D eigenvalue weighted by molar-refractivity contribution is -0.173. The molecule has 0 saturated carbocycles. The molecular weight excluding hydrogens is 337 g/mol. The van der Waals surface area contributed by atoms with Gasteiger partial charge in [-0.3, -0.25) is 14.6 Å². The van der Waals surface area contributed by atoms with Gasteiger partial charge < -0.3 is 10.1 Å². The maximum absolute atomic E-state index is 12.2. The van der Waals surface area contributed by atoms with Gasteiger partial charge in [0.2, 0.25) is 0 Å². The van der Waals surface area contributed by atoms with E-state index in [2.05, 4.69) is 4.98 Å². The largest absolute Gasteiger partial charge is 0.471 e. The number of unbranched alkanes of at least 4 members (excludes halogenated alkanes) is 2. The summed E-state index contributed by atoms with van der Waals surface area (Å²) >= 11 is 0. The Bertz CT molecular complexity index is 536. The van der Waals surface area contributed by atoms with Crippen molar-refractivity contribution in [1.29, 1.82) is 0 Å². The summed E-state index contributed by atoms with van der Waals surface area (Å²) in [5.74, 6) is -3.01. The van der Waals surface area contributed by atoms with Crippen molar-refractivity contribution in [2.75, 3.05) is 6.54 Å². The Labute approximate surface area is 145 Å². The minimum absolute atomic E-state index is 0.0614. The summed E-state index contributed by atoms with van der Waals surface area (Å²) in [4.78, 5) is 26.9. The molecular formula is C17H23F3N2O3. The summed E-state index contributed by atoms with van der Waals surface area (Å²) in [6.45, 7) is 1.85. The van der Waals surface area contributed by atoms with E-state index in [0.717, 1.165) is 24.8 Å². The maximum atomic E-state index is 12.2. The minimum Gasteiger partial charge on any atom is -0.461 e. The normalized spacial score (nSPS) is 12.5. The zero-order valence-corrected chi connectivity index (χ0v) is 14.1. The molecule has 1 amide bonds. The van der Waals surface area contributed by atoms with Crippen molar-refractivity contribution in [1.82, 2.24) is 10.3 Å². The van der Waals surface area contributed by atoms with E-state index in [-0.39, 0.29) is 19.6 Å². The number of nitrogens with one attached hydrogen (secondary N) is 1.